The molecule has 0 spiro atoms. The second-order valence-corrected chi connectivity index (χ2v) is 4.28. The van der Waals surface area contributed by atoms with Crippen LogP contribution < -0.4 is 0 Å². The monoisotopic (exact) mass is 241 g/mol. The summed E-state index contributed by atoms with van der Waals surface area (Å²) in [5.41, 5.74) is 1.95. The number of likely N-dealkylation sites (N-methyl/N-ethyl adjacent to an activating group) is 1. The predicted octanol–water partition coefficient (Wildman–Crippen LogP) is 2.08. The standard InChI is InChI=1S/C14H15N3O/c1-17(8-4-7-15)14(18)10-12-9-11-5-2-3-6-13(11)16-12/h2-3,5-6,9,16H,4,8,10H2,1H3. The number of hydrogen-bond acceptors (Lipinski definition) is 2. The normalized spacial score (nSPS) is 10.2. The summed E-state index contributed by atoms with van der Waals surface area (Å²) in [7, 11) is 1.72. The summed E-state index contributed by atoms with van der Waals surface area (Å²) in [6, 6.07) is 12.0. The van der Waals surface area contributed by atoms with Gasteiger partial charge in [-0.15, -0.1) is 0 Å². The van der Waals surface area contributed by atoms with E-state index in [2.05, 4.69) is 4.98 Å². The van der Waals surface area contributed by atoms with Crippen LogP contribution in [0.15, 0.2) is 30.3 Å². The molecule has 1 heterocycles. The minimum Gasteiger partial charge on any atom is -0.358 e. The molecule has 1 amide bonds. The molecular weight excluding hydrogens is 226 g/mol. The van der Waals surface area contributed by atoms with Crippen molar-refractivity contribution in [2.24, 2.45) is 0 Å². The number of aromatic nitrogens is 1. The van der Waals surface area contributed by atoms with Crippen LogP contribution in [-0.4, -0.2) is 29.4 Å². The van der Waals surface area contributed by atoms with Crippen LogP contribution in [0.1, 0.15) is 12.1 Å². The zero-order chi connectivity index (χ0) is 13.0. The number of rotatable bonds is 4. The summed E-state index contributed by atoms with van der Waals surface area (Å²) in [6.07, 6.45) is 0.714. The average molecular weight is 241 g/mol. The summed E-state index contributed by atoms with van der Waals surface area (Å²) >= 11 is 0. The lowest BCUT2D eigenvalue weighted by atomic mass is 10.2. The first-order valence-corrected chi connectivity index (χ1v) is 5.88. The highest BCUT2D eigenvalue weighted by Gasteiger charge is 2.10. The number of benzene rings is 1. The number of amides is 1. The van der Waals surface area contributed by atoms with Crippen molar-refractivity contribution < 1.29 is 4.79 Å². The minimum atomic E-state index is 0.0248. The number of fused-ring (bicyclic) bond motifs is 1. The van der Waals surface area contributed by atoms with Gasteiger partial charge in [0.05, 0.1) is 18.9 Å². The maximum absolute atomic E-state index is 11.9. The molecule has 0 fully saturated rings. The molecule has 0 unspecified atom stereocenters. The van der Waals surface area contributed by atoms with Crippen LogP contribution in [0.3, 0.4) is 0 Å². The number of nitrogens with zero attached hydrogens (tertiary/aromatic N) is 2. The predicted molar refractivity (Wildman–Crippen MR) is 69.9 cm³/mol. The lowest BCUT2D eigenvalue weighted by Crippen LogP contribution is -2.29. The molecule has 1 aromatic carbocycles. The quantitative estimate of drug-likeness (QED) is 0.890. The molecule has 1 N–H and O–H groups in total. The van der Waals surface area contributed by atoms with Crippen LogP contribution in [0, 0.1) is 11.3 Å². The summed E-state index contributed by atoms with van der Waals surface area (Å²) in [5, 5.41) is 9.60. The largest absolute Gasteiger partial charge is 0.358 e. The van der Waals surface area contributed by atoms with E-state index in [1.165, 1.54) is 0 Å². The lowest BCUT2D eigenvalue weighted by Gasteiger charge is -2.14. The van der Waals surface area contributed by atoms with Gasteiger partial charge in [-0.1, -0.05) is 18.2 Å². The summed E-state index contributed by atoms with van der Waals surface area (Å²) in [6.45, 7) is 0.482. The molecule has 0 saturated carbocycles. The topological polar surface area (TPSA) is 59.9 Å². The van der Waals surface area contributed by atoms with Crippen LogP contribution in [0.5, 0.6) is 0 Å². The Hall–Kier alpha value is -2.28. The fraction of sp³-hybridized carbons (Fsp3) is 0.286. The van der Waals surface area contributed by atoms with Crippen molar-refractivity contribution in [3.05, 3.63) is 36.0 Å². The number of nitrogens with one attached hydrogen (secondary N) is 1. The third-order valence-corrected chi connectivity index (χ3v) is 2.91. The van der Waals surface area contributed by atoms with Crippen molar-refractivity contribution in [3.8, 4) is 6.07 Å². The molecule has 0 aliphatic rings. The van der Waals surface area contributed by atoms with Crippen LogP contribution in [0.2, 0.25) is 0 Å². The highest BCUT2D eigenvalue weighted by atomic mass is 16.2. The second kappa shape index (κ2) is 5.37. The van der Waals surface area contributed by atoms with Crippen molar-refractivity contribution in [2.75, 3.05) is 13.6 Å². The maximum Gasteiger partial charge on any atom is 0.228 e. The lowest BCUT2D eigenvalue weighted by molar-refractivity contribution is -0.129. The van der Waals surface area contributed by atoms with Gasteiger partial charge in [0.25, 0.3) is 0 Å². The molecule has 0 aliphatic carbocycles. The summed E-state index contributed by atoms with van der Waals surface area (Å²) < 4.78 is 0. The van der Waals surface area contributed by atoms with E-state index >= 15 is 0 Å². The number of carbonyl (C=O) groups excluding carboxylic acids is 1. The Bertz CT molecular complexity index is 561. The van der Waals surface area contributed by atoms with E-state index in [0.29, 0.717) is 19.4 Å². The molecule has 0 radical (unpaired) electrons. The van der Waals surface area contributed by atoms with Gasteiger partial charge in [-0.2, -0.15) is 5.26 Å². The van der Waals surface area contributed by atoms with Gasteiger partial charge in [0.1, 0.15) is 0 Å². The van der Waals surface area contributed by atoms with Gasteiger partial charge in [0.2, 0.25) is 5.91 Å². The molecule has 92 valence electrons. The van der Waals surface area contributed by atoms with Gasteiger partial charge < -0.3 is 9.88 Å². The number of aromatic amines is 1. The molecule has 4 nitrogen and oxygen atoms in total. The Labute approximate surface area is 106 Å². The third kappa shape index (κ3) is 2.69. The van der Waals surface area contributed by atoms with Gasteiger partial charge in [-0.25, -0.2) is 0 Å². The van der Waals surface area contributed by atoms with Gasteiger partial charge in [-0.3, -0.25) is 4.79 Å². The number of H-pyrrole nitrogens is 1. The minimum absolute atomic E-state index is 0.0248. The van der Waals surface area contributed by atoms with Gasteiger partial charge in [-0.05, 0) is 17.5 Å². The smallest absolute Gasteiger partial charge is 0.228 e. The molecule has 18 heavy (non-hydrogen) atoms. The van der Waals surface area contributed by atoms with Crippen molar-refractivity contribution in [2.45, 2.75) is 12.8 Å². The number of para-hydroxylation sites is 1. The Kier molecular flexibility index (Phi) is 3.63. The highest BCUT2D eigenvalue weighted by Crippen LogP contribution is 2.15. The molecule has 0 atom stereocenters. The van der Waals surface area contributed by atoms with Crippen LogP contribution in [0.4, 0.5) is 0 Å². The molecule has 0 saturated heterocycles. The van der Waals surface area contributed by atoms with Gasteiger partial charge in [0, 0.05) is 24.8 Å². The first-order chi connectivity index (χ1) is 8.70. The zero-order valence-corrected chi connectivity index (χ0v) is 10.3. The third-order valence-electron chi connectivity index (χ3n) is 2.91. The van der Waals surface area contributed by atoms with E-state index in [9.17, 15) is 4.79 Å². The fourth-order valence-corrected chi connectivity index (χ4v) is 1.87. The summed E-state index contributed by atoms with van der Waals surface area (Å²) in [5.74, 6) is 0.0248. The van der Waals surface area contributed by atoms with Crippen molar-refractivity contribution in [3.63, 3.8) is 0 Å². The SMILES string of the molecule is CN(CCC#N)C(=O)Cc1cc2ccccc2[nH]1. The van der Waals surface area contributed by atoms with E-state index in [4.69, 9.17) is 5.26 Å². The van der Waals surface area contributed by atoms with Crippen molar-refractivity contribution in [1.29, 1.82) is 5.26 Å². The highest BCUT2D eigenvalue weighted by molar-refractivity contribution is 5.84. The molecule has 0 aliphatic heterocycles. The van der Waals surface area contributed by atoms with E-state index < -0.39 is 0 Å². The Morgan fingerprint density at radius 3 is 2.94 bits per heavy atom. The van der Waals surface area contributed by atoms with E-state index in [-0.39, 0.29) is 5.91 Å². The molecule has 4 heteroatoms. The Morgan fingerprint density at radius 2 is 2.22 bits per heavy atom. The van der Waals surface area contributed by atoms with Crippen LogP contribution in [-0.2, 0) is 11.2 Å². The fourth-order valence-electron chi connectivity index (χ4n) is 1.87. The maximum atomic E-state index is 11.9. The van der Waals surface area contributed by atoms with Crippen LogP contribution >= 0.6 is 0 Å². The number of nitriles is 1. The summed E-state index contributed by atoms with van der Waals surface area (Å²) in [4.78, 5) is 16.7. The Morgan fingerprint density at radius 1 is 1.44 bits per heavy atom. The molecular formula is C14H15N3O. The number of carbonyl (C=O) groups is 1. The number of hydrogen-bond donors (Lipinski definition) is 1. The first kappa shape index (κ1) is 12.2. The van der Waals surface area contributed by atoms with E-state index in [1.54, 1.807) is 11.9 Å². The molecule has 2 aromatic rings. The van der Waals surface area contributed by atoms with Gasteiger partial charge >= 0.3 is 0 Å². The van der Waals surface area contributed by atoms with Crippen molar-refractivity contribution >= 4 is 16.8 Å². The molecule has 2 rings (SSSR count). The van der Waals surface area contributed by atoms with E-state index in [0.717, 1.165) is 16.6 Å². The van der Waals surface area contributed by atoms with Crippen LogP contribution in [0.25, 0.3) is 10.9 Å². The molecule has 1 aromatic heterocycles. The van der Waals surface area contributed by atoms with Crippen molar-refractivity contribution in [1.82, 2.24) is 9.88 Å². The average Bonchev–Trinajstić information content (AvgIpc) is 2.77. The molecule has 0 bridgehead atoms. The zero-order valence-electron chi connectivity index (χ0n) is 10.3. The van der Waals surface area contributed by atoms with Gasteiger partial charge in [0.15, 0.2) is 0 Å². The second-order valence-electron chi connectivity index (χ2n) is 4.28. The van der Waals surface area contributed by atoms with E-state index in [1.807, 2.05) is 36.4 Å². The Balaban J connectivity index is 2.05. The first-order valence-electron chi connectivity index (χ1n) is 5.88.